The number of aryl methyl sites for hydroxylation is 1. The molecule has 19 heavy (non-hydrogen) atoms. The van der Waals surface area contributed by atoms with Gasteiger partial charge < -0.3 is 5.11 Å². The summed E-state index contributed by atoms with van der Waals surface area (Å²) in [7, 11) is -3.53. The highest BCUT2D eigenvalue weighted by Crippen LogP contribution is 2.22. The van der Waals surface area contributed by atoms with Gasteiger partial charge in [-0.15, -0.1) is 0 Å². The van der Waals surface area contributed by atoms with Crippen LogP contribution >= 0.6 is 11.6 Å². The van der Waals surface area contributed by atoms with Gasteiger partial charge in [0.25, 0.3) is 0 Å². The molecule has 0 unspecified atom stereocenters. The molecule has 0 aliphatic carbocycles. The number of hydrogen-bond acceptors (Lipinski definition) is 3. The van der Waals surface area contributed by atoms with Gasteiger partial charge in [0.15, 0.2) is 0 Å². The lowest BCUT2D eigenvalue weighted by molar-refractivity contribution is 0.282. The predicted octanol–water partition coefficient (Wildman–Crippen LogP) is 2.48. The minimum atomic E-state index is -3.53. The van der Waals surface area contributed by atoms with Crippen LogP contribution in [0.3, 0.4) is 0 Å². The minimum Gasteiger partial charge on any atom is -0.396 e. The zero-order chi connectivity index (χ0) is 14.3. The van der Waals surface area contributed by atoms with Crippen LogP contribution in [0.25, 0.3) is 0 Å². The number of nitrogens with one attached hydrogen (secondary N) is 1. The van der Waals surface area contributed by atoms with Crippen molar-refractivity contribution in [2.45, 2.75) is 37.5 Å². The summed E-state index contributed by atoms with van der Waals surface area (Å²) < 4.78 is 26.6. The normalized spacial score (nSPS) is 11.7. The lowest BCUT2D eigenvalue weighted by Gasteiger charge is -2.08. The Labute approximate surface area is 119 Å². The molecule has 0 radical (unpaired) electrons. The summed E-state index contributed by atoms with van der Waals surface area (Å²) in [6.45, 7) is 2.43. The number of halogens is 1. The molecule has 0 aromatic heterocycles. The molecule has 0 bridgehead atoms. The van der Waals surface area contributed by atoms with Gasteiger partial charge in [0, 0.05) is 13.2 Å². The standard InChI is InChI=1S/C13H20ClNO3S/c1-11-6-7-13(12(14)10-11)19(17,18)15-8-4-2-3-5-9-16/h6-7,10,15-16H,2-5,8-9H2,1H3. The van der Waals surface area contributed by atoms with Gasteiger partial charge in [-0.3, -0.25) is 0 Å². The summed E-state index contributed by atoms with van der Waals surface area (Å²) in [6, 6.07) is 4.88. The fraction of sp³-hybridized carbons (Fsp3) is 0.538. The van der Waals surface area contributed by atoms with Crippen LogP contribution in [-0.4, -0.2) is 26.7 Å². The van der Waals surface area contributed by atoms with Crippen LogP contribution in [-0.2, 0) is 10.0 Å². The van der Waals surface area contributed by atoms with Crippen molar-refractivity contribution in [1.82, 2.24) is 4.72 Å². The Morgan fingerprint density at radius 3 is 2.53 bits per heavy atom. The van der Waals surface area contributed by atoms with Gasteiger partial charge in [-0.25, -0.2) is 13.1 Å². The molecule has 0 heterocycles. The summed E-state index contributed by atoms with van der Waals surface area (Å²) in [5.74, 6) is 0. The van der Waals surface area contributed by atoms with E-state index in [0.717, 1.165) is 31.2 Å². The molecule has 0 spiro atoms. The second-order valence-electron chi connectivity index (χ2n) is 4.47. The number of aliphatic hydroxyl groups excluding tert-OH is 1. The Kier molecular flexibility index (Phi) is 6.79. The monoisotopic (exact) mass is 305 g/mol. The summed E-state index contributed by atoms with van der Waals surface area (Å²) in [4.78, 5) is 0.120. The smallest absolute Gasteiger partial charge is 0.242 e. The van der Waals surface area contributed by atoms with Crippen molar-refractivity contribution in [2.75, 3.05) is 13.2 Å². The second kappa shape index (κ2) is 7.85. The van der Waals surface area contributed by atoms with Gasteiger partial charge >= 0.3 is 0 Å². The number of benzene rings is 1. The molecule has 1 aromatic rings. The average Bonchev–Trinajstić information content (AvgIpc) is 2.33. The highest BCUT2D eigenvalue weighted by Gasteiger charge is 2.16. The first kappa shape index (κ1) is 16.4. The molecule has 1 aromatic carbocycles. The quantitative estimate of drug-likeness (QED) is 0.725. The summed E-state index contributed by atoms with van der Waals surface area (Å²) in [5, 5.41) is 8.87. The summed E-state index contributed by atoms with van der Waals surface area (Å²) >= 11 is 5.95. The fourth-order valence-electron chi connectivity index (χ4n) is 1.70. The highest BCUT2D eigenvalue weighted by molar-refractivity contribution is 7.89. The molecule has 1 rings (SSSR count). The molecular weight excluding hydrogens is 286 g/mol. The van der Waals surface area contributed by atoms with Crippen molar-refractivity contribution in [1.29, 1.82) is 0 Å². The SMILES string of the molecule is Cc1ccc(S(=O)(=O)NCCCCCCO)c(Cl)c1. The maximum absolute atomic E-state index is 12.0. The first-order valence-corrected chi connectivity index (χ1v) is 8.20. The van der Waals surface area contributed by atoms with Crippen molar-refractivity contribution in [3.8, 4) is 0 Å². The molecule has 2 N–H and O–H groups in total. The number of hydrogen-bond donors (Lipinski definition) is 2. The maximum Gasteiger partial charge on any atom is 0.242 e. The zero-order valence-electron chi connectivity index (χ0n) is 11.0. The molecule has 6 heteroatoms. The number of aliphatic hydroxyl groups is 1. The number of unbranched alkanes of at least 4 members (excludes halogenated alkanes) is 3. The van der Waals surface area contributed by atoms with E-state index in [-0.39, 0.29) is 16.5 Å². The van der Waals surface area contributed by atoms with E-state index in [0.29, 0.717) is 6.54 Å². The lowest BCUT2D eigenvalue weighted by Crippen LogP contribution is -2.25. The topological polar surface area (TPSA) is 66.4 Å². The van der Waals surface area contributed by atoms with E-state index >= 15 is 0 Å². The molecule has 0 aliphatic heterocycles. The van der Waals surface area contributed by atoms with Crippen molar-refractivity contribution in [2.24, 2.45) is 0 Å². The Morgan fingerprint density at radius 1 is 1.21 bits per heavy atom. The van der Waals surface area contributed by atoms with Gasteiger partial charge in [-0.2, -0.15) is 0 Å². The third-order valence-corrected chi connectivity index (χ3v) is 4.70. The van der Waals surface area contributed by atoms with Crippen molar-refractivity contribution >= 4 is 21.6 Å². The second-order valence-corrected chi connectivity index (χ2v) is 6.61. The van der Waals surface area contributed by atoms with E-state index in [1.807, 2.05) is 6.92 Å². The van der Waals surface area contributed by atoms with Gasteiger partial charge in [-0.05, 0) is 37.5 Å². The largest absolute Gasteiger partial charge is 0.396 e. The van der Waals surface area contributed by atoms with Gasteiger partial charge in [0.1, 0.15) is 4.90 Å². The van der Waals surface area contributed by atoms with E-state index in [1.54, 1.807) is 12.1 Å². The Hall–Kier alpha value is -0.620. The third-order valence-electron chi connectivity index (χ3n) is 2.75. The number of sulfonamides is 1. The van der Waals surface area contributed by atoms with Crippen LogP contribution in [0, 0.1) is 6.92 Å². The Morgan fingerprint density at radius 2 is 1.89 bits per heavy atom. The molecule has 108 valence electrons. The first-order valence-electron chi connectivity index (χ1n) is 6.34. The fourth-order valence-corrected chi connectivity index (χ4v) is 3.37. The van der Waals surface area contributed by atoms with Crippen LogP contribution < -0.4 is 4.72 Å². The minimum absolute atomic E-state index is 0.120. The predicted molar refractivity (Wildman–Crippen MR) is 76.9 cm³/mol. The summed E-state index contributed by atoms with van der Waals surface area (Å²) in [6.07, 6.45) is 3.31. The van der Waals surface area contributed by atoms with E-state index in [9.17, 15) is 8.42 Å². The van der Waals surface area contributed by atoms with Gasteiger partial charge in [0.05, 0.1) is 5.02 Å². The first-order chi connectivity index (χ1) is 8.97. The van der Waals surface area contributed by atoms with Gasteiger partial charge in [0.2, 0.25) is 10.0 Å². The molecule has 0 amide bonds. The van der Waals surface area contributed by atoms with Crippen molar-refractivity contribution in [3.05, 3.63) is 28.8 Å². The van der Waals surface area contributed by atoms with E-state index in [2.05, 4.69) is 4.72 Å². The Bertz CT molecular complexity index is 503. The molecule has 0 atom stereocenters. The van der Waals surface area contributed by atoms with E-state index in [4.69, 9.17) is 16.7 Å². The van der Waals surface area contributed by atoms with Crippen molar-refractivity contribution in [3.63, 3.8) is 0 Å². The number of rotatable bonds is 8. The molecule has 0 fully saturated rings. The van der Waals surface area contributed by atoms with Crippen LogP contribution in [0.2, 0.25) is 5.02 Å². The average molecular weight is 306 g/mol. The van der Waals surface area contributed by atoms with Crippen LogP contribution in [0.1, 0.15) is 31.2 Å². The van der Waals surface area contributed by atoms with Crippen LogP contribution in [0.5, 0.6) is 0 Å². The van der Waals surface area contributed by atoms with Crippen LogP contribution in [0.4, 0.5) is 0 Å². The molecule has 4 nitrogen and oxygen atoms in total. The molecule has 0 saturated carbocycles. The van der Waals surface area contributed by atoms with Crippen molar-refractivity contribution < 1.29 is 13.5 Å². The highest BCUT2D eigenvalue weighted by atomic mass is 35.5. The molecular formula is C13H20ClNO3S. The van der Waals surface area contributed by atoms with E-state index < -0.39 is 10.0 Å². The molecule has 0 aliphatic rings. The third kappa shape index (κ3) is 5.48. The van der Waals surface area contributed by atoms with Gasteiger partial charge in [-0.1, -0.05) is 30.5 Å². The zero-order valence-corrected chi connectivity index (χ0v) is 12.6. The maximum atomic E-state index is 12.0. The molecule has 0 saturated heterocycles. The Balaban J connectivity index is 2.52. The van der Waals surface area contributed by atoms with E-state index in [1.165, 1.54) is 6.07 Å². The summed E-state index contributed by atoms with van der Waals surface area (Å²) in [5.41, 5.74) is 0.924. The van der Waals surface area contributed by atoms with Crippen LogP contribution in [0.15, 0.2) is 23.1 Å². The lowest BCUT2D eigenvalue weighted by atomic mass is 10.2.